The molecule has 0 heterocycles. The maximum atomic E-state index is 12.8. The average molecular weight is 661 g/mol. The van der Waals surface area contributed by atoms with E-state index in [1.165, 1.54) is 6.07 Å². The van der Waals surface area contributed by atoms with E-state index in [1.54, 1.807) is 79.9 Å². The summed E-state index contributed by atoms with van der Waals surface area (Å²) < 4.78 is 43.2. The molecule has 0 atom stereocenters. The number of carboxylic acid groups (broad SMARTS) is 2. The van der Waals surface area contributed by atoms with Crippen LogP contribution in [-0.2, 0) is 4.79 Å². The maximum Gasteiger partial charge on any atom is 0.490 e. The van der Waals surface area contributed by atoms with E-state index >= 15 is 0 Å². The maximum absolute atomic E-state index is 12.8. The van der Waals surface area contributed by atoms with E-state index in [0.717, 1.165) is 10.8 Å². The summed E-state index contributed by atoms with van der Waals surface area (Å²) in [6.07, 6.45) is -5.08. The number of urea groups is 1. The molecule has 0 radical (unpaired) electrons. The van der Waals surface area contributed by atoms with Crippen molar-refractivity contribution >= 4 is 46.0 Å². The third kappa shape index (κ3) is 8.78. The number of carboxylic acids is 2. The van der Waals surface area contributed by atoms with E-state index in [9.17, 15) is 27.9 Å². The van der Waals surface area contributed by atoms with Crippen molar-refractivity contribution in [2.75, 3.05) is 17.7 Å². The first-order valence-corrected chi connectivity index (χ1v) is 13.8. The highest BCUT2D eigenvalue weighted by Crippen LogP contribution is 2.38. The second-order valence-electron chi connectivity index (χ2n) is 9.92. The number of carbonyl (C=O) groups is 3. The van der Waals surface area contributed by atoms with E-state index in [4.69, 9.17) is 30.5 Å². The van der Waals surface area contributed by atoms with Crippen molar-refractivity contribution in [2.24, 2.45) is 5.73 Å². The standard InChI is InChI=1S/C32H26N4O5.C2HF3O2/c1-40-24-6-4-5-22(17-24)35-32(39)36-23-12-14-29(28(18-23)26-7-2-3-8-27(26)31(37)38)41-25-13-11-19-15-21(30(33)34)10-9-20(19)16-25;3-2(4,5)1(6)7/h2-18H,1H3,(H3,33,34)(H,37,38)(H2,35,36,39);(H,6,7). The quantitative estimate of drug-likeness (QED) is 0.0727. The Balaban J connectivity index is 0.000000671. The molecule has 5 rings (SSSR count). The summed E-state index contributed by atoms with van der Waals surface area (Å²) in [4.78, 5) is 33.7. The summed E-state index contributed by atoms with van der Waals surface area (Å²) in [5, 5.41) is 32.0. The zero-order valence-electron chi connectivity index (χ0n) is 25.0. The van der Waals surface area contributed by atoms with E-state index in [-0.39, 0.29) is 11.4 Å². The van der Waals surface area contributed by atoms with Gasteiger partial charge in [0, 0.05) is 28.6 Å². The number of rotatable bonds is 8. The van der Waals surface area contributed by atoms with Gasteiger partial charge in [0.1, 0.15) is 23.1 Å². The molecule has 0 unspecified atom stereocenters. The number of nitrogens with two attached hydrogens (primary N) is 1. The van der Waals surface area contributed by atoms with Crippen molar-refractivity contribution in [1.29, 1.82) is 5.41 Å². The van der Waals surface area contributed by atoms with Crippen LogP contribution in [-0.4, -0.2) is 47.3 Å². The van der Waals surface area contributed by atoms with Crippen LogP contribution in [0.25, 0.3) is 21.9 Å². The Kier molecular flexibility index (Phi) is 10.5. The monoisotopic (exact) mass is 660 g/mol. The number of benzene rings is 5. The molecule has 0 aliphatic heterocycles. The molecule has 0 bridgehead atoms. The normalized spacial score (nSPS) is 10.7. The van der Waals surface area contributed by atoms with E-state index in [1.807, 2.05) is 24.3 Å². The Bertz CT molecular complexity index is 2020. The molecule has 0 saturated carbocycles. The van der Waals surface area contributed by atoms with Gasteiger partial charge in [0.25, 0.3) is 0 Å². The van der Waals surface area contributed by atoms with Crippen LogP contribution in [0.3, 0.4) is 0 Å². The van der Waals surface area contributed by atoms with Gasteiger partial charge in [-0.15, -0.1) is 0 Å². The molecule has 5 aromatic carbocycles. The van der Waals surface area contributed by atoms with Crippen LogP contribution in [0.2, 0.25) is 0 Å². The zero-order valence-corrected chi connectivity index (χ0v) is 25.0. The lowest BCUT2D eigenvalue weighted by Gasteiger charge is -2.16. The molecule has 2 amide bonds. The first-order chi connectivity index (χ1) is 22.7. The van der Waals surface area contributed by atoms with Crippen LogP contribution in [0, 0.1) is 5.41 Å². The van der Waals surface area contributed by atoms with Crippen molar-refractivity contribution in [3.05, 3.63) is 114 Å². The fourth-order valence-electron chi connectivity index (χ4n) is 4.39. The van der Waals surface area contributed by atoms with Crippen LogP contribution < -0.4 is 25.8 Å². The lowest BCUT2D eigenvalue weighted by atomic mass is 9.98. The minimum absolute atomic E-state index is 0.0140. The summed E-state index contributed by atoms with van der Waals surface area (Å²) in [6.45, 7) is 0. The van der Waals surface area contributed by atoms with E-state index < -0.39 is 24.1 Å². The largest absolute Gasteiger partial charge is 0.497 e. The number of anilines is 2. The highest BCUT2D eigenvalue weighted by Gasteiger charge is 2.38. The smallest absolute Gasteiger partial charge is 0.490 e. The number of methoxy groups -OCH3 is 1. The van der Waals surface area contributed by atoms with Gasteiger partial charge in [-0.05, 0) is 70.9 Å². The highest BCUT2D eigenvalue weighted by molar-refractivity contribution is 6.02. The second-order valence-corrected chi connectivity index (χ2v) is 9.92. The zero-order chi connectivity index (χ0) is 35.0. The number of amidine groups is 1. The summed E-state index contributed by atoms with van der Waals surface area (Å²) in [5.74, 6) is -2.33. The van der Waals surface area contributed by atoms with Gasteiger partial charge in [0.15, 0.2) is 0 Å². The van der Waals surface area contributed by atoms with Gasteiger partial charge < -0.3 is 36.1 Å². The van der Waals surface area contributed by atoms with E-state index in [2.05, 4.69) is 10.6 Å². The number of halogens is 3. The number of aromatic carboxylic acids is 1. The second kappa shape index (κ2) is 14.7. The van der Waals surface area contributed by atoms with Gasteiger partial charge in [0.05, 0.1) is 12.7 Å². The molecular weight excluding hydrogens is 633 g/mol. The fourth-order valence-corrected chi connectivity index (χ4v) is 4.39. The molecule has 0 aromatic heterocycles. The molecule has 11 nitrogen and oxygen atoms in total. The summed E-state index contributed by atoms with van der Waals surface area (Å²) >= 11 is 0. The Morgan fingerprint density at radius 3 is 2.04 bits per heavy atom. The minimum Gasteiger partial charge on any atom is -0.497 e. The third-order valence-corrected chi connectivity index (χ3v) is 6.61. The van der Waals surface area contributed by atoms with Gasteiger partial charge in [-0.3, -0.25) is 5.41 Å². The summed E-state index contributed by atoms with van der Waals surface area (Å²) in [7, 11) is 1.54. The molecule has 246 valence electrons. The van der Waals surface area contributed by atoms with E-state index in [0.29, 0.717) is 45.3 Å². The fraction of sp³-hybridized carbons (Fsp3) is 0.0588. The first-order valence-electron chi connectivity index (χ1n) is 13.8. The number of amides is 2. The molecule has 5 aromatic rings. The molecule has 0 fully saturated rings. The van der Waals surface area contributed by atoms with Crippen molar-refractivity contribution in [1.82, 2.24) is 0 Å². The van der Waals surface area contributed by atoms with Gasteiger partial charge >= 0.3 is 24.1 Å². The summed E-state index contributed by atoms with van der Waals surface area (Å²) in [5.41, 5.74) is 8.22. The number of carbonyl (C=O) groups excluding carboxylic acids is 1. The molecule has 7 N–H and O–H groups in total. The van der Waals surface area contributed by atoms with Gasteiger partial charge in [-0.1, -0.05) is 42.5 Å². The first kappa shape index (κ1) is 34.3. The van der Waals surface area contributed by atoms with Crippen molar-refractivity contribution in [3.8, 4) is 28.4 Å². The highest BCUT2D eigenvalue weighted by atomic mass is 19.4. The van der Waals surface area contributed by atoms with Crippen LogP contribution >= 0.6 is 0 Å². The molecule has 48 heavy (non-hydrogen) atoms. The Hall–Kier alpha value is -6.57. The number of nitrogens with one attached hydrogen (secondary N) is 3. The number of alkyl halides is 3. The third-order valence-electron chi connectivity index (χ3n) is 6.61. The predicted molar refractivity (Wildman–Crippen MR) is 173 cm³/mol. The van der Waals surface area contributed by atoms with Crippen molar-refractivity contribution in [2.45, 2.75) is 6.18 Å². The van der Waals surface area contributed by atoms with Gasteiger partial charge in [-0.25, -0.2) is 14.4 Å². The number of fused-ring (bicyclic) bond motifs is 1. The number of nitrogen functional groups attached to an aromatic ring is 1. The minimum atomic E-state index is -5.08. The number of hydrogen-bond acceptors (Lipinski definition) is 6. The van der Waals surface area contributed by atoms with Crippen molar-refractivity contribution < 1.29 is 47.2 Å². The lowest BCUT2D eigenvalue weighted by molar-refractivity contribution is -0.192. The molecular formula is C34H27F3N4O7. The van der Waals surface area contributed by atoms with Gasteiger partial charge in [0.2, 0.25) is 0 Å². The van der Waals surface area contributed by atoms with Crippen LogP contribution in [0.15, 0.2) is 103 Å². The Morgan fingerprint density at radius 2 is 1.40 bits per heavy atom. The lowest BCUT2D eigenvalue weighted by Crippen LogP contribution is -2.21. The average Bonchev–Trinajstić information content (AvgIpc) is 3.05. The van der Waals surface area contributed by atoms with Crippen LogP contribution in [0.5, 0.6) is 17.2 Å². The van der Waals surface area contributed by atoms with Crippen LogP contribution in [0.1, 0.15) is 15.9 Å². The summed E-state index contributed by atoms with van der Waals surface area (Å²) in [6, 6.07) is 29.0. The molecule has 0 aliphatic rings. The van der Waals surface area contributed by atoms with Crippen LogP contribution in [0.4, 0.5) is 29.3 Å². The van der Waals surface area contributed by atoms with Gasteiger partial charge in [-0.2, -0.15) is 13.2 Å². The molecule has 0 spiro atoms. The SMILES string of the molecule is COc1cccc(NC(=O)Nc2ccc(Oc3ccc4cc(C(=N)N)ccc4c3)c(-c3ccccc3C(=O)O)c2)c1.O=C(O)C(F)(F)F. The predicted octanol–water partition coefficient (Wildman–Crippen LogP) is 7.57. The Morgan fingerprint density at radius 1 is 0.750 bits per heavy atom. The van der Waals surface area contributed by atoms with Crippen molar-refractivity contribution in [3.63, 3.8) is 0 Å². The number of hydrogen-bond donors (Lipinski definition) is 6. The molecule has 0 aliphatic carbocycles. The number of aliphatic carboxylic acids is 1. The Labute approximate surface area is 270 Å². The topological polar surface area (TPSA) is 184 Å². The number of ether oxygens (including phenoxy) is 2. The molecule has 0 saturated heterocycles. The molecule has 14 heteroatoms.